The number of hydrogen-bond donors (Lipinski definition) is 1. The van der Waals surface area contributed by atoms with Crippen LogP contribution in [0.1, 0.15) is 44.3 Å². The third-order valence-corrected chi connectivity index (χ3v) is 5.21. The van der Waals surface area contributed by atoms with Crippen molar-refractivity contribution in [3.05, 3.63) is 16.1 Å². The maximum atomic E-state index is 4.75. The molecule has 1 unspecified atom stereocenters. The molecule has 21 heavy (non-hydrogen) atoms. The molecule has 1 aliphatic rings. The molecule has 1 aromatic rings. The van der Waals surface area contributed by atoms with E-state index in [1.54, 1.807) is 11.3 Å². The van der Waals surface area contributed by atoms with Crippen molar-refractivity contribution in [2.45, 2.75) is 52.7 Å². The largest absolute Gasteiger partial charge is 0.310 e. The summed E-state index contributed by atoms with van der Waals surface area (Å²) in [6.07, 6.45) is 2.43. The highest BCUT2D eigenvalue weighted by molar-refractivity contribution is 7.09. The summed E-state index contributed by atoms with van der Waals surface area (Å²) >= 11 is 1.79. The van der Waals surface area contributed by atoms with Gasteiger partial charge in [-0.15, -0.1) is 11.3 Å². The van der Waals surface area contributed by atoms with Crippen molar-refractivity contribution in [1.82, 2.24) is 20.1 Å². The molecule has 5 heteroatoms. The van der Waals surface area contributed by atoms with E-state index < -0.39 is 0 Å². The van der Waals surface area contributed by atoms with Crippen LogP contribution in [-0.4, -0.2) is 53.5 Å². The SMILES string of the molecule is CCCNCc1nc(CN2CCN(C(C)CC)CC2)cs1. The Bertz CT molecular complexity index is 399. The monoisotopic (exact) mass is 310 g/mol. The Hall–Kier alpha value is -0.490. The molecule has 0 bridgehead atoms. The molecule has 0 spiro atoms. The van der Waals surface area contributed by atoms with E-state index in [1.165, 1.54) is 49.7 Å². The number of aromatic nitrogens is 1. The lowest BCUT2D eigenvalue weighted by Crippen LogP contribution is -2.49. The van der Waals surface area contributed by atoms with Crippen LogP contribution in [0, 0.1) is 0 Å². The number of nitrogens with one attached hydrogen (secondary N) is 1. The molecule has 1 aromatic heterocycles. The first-order valence-electron chi connectivity index (χ1n) is 8.33. The first-order valence-corrected chi connectivity index (χ1v) is 9.21. The molecule has 0 saturated carbocycles. The number of hydrogen-bond acceptors (Lipinski definition) is 5. The van der Waals surface area contributed by atoms with Crippen LogP contribution >= 0.6 is 11.3 Å². The molecule has 1 fully saturated rings. The number of thiazole rings is 1. The molecule has 4 nitrogen and oxygen atoms in total. The molecule has 1 N–H and O–H groups in total. The Labute approximate surface area is 133 Å². The molecule has 1 saturated heterocycles. The predicted octanol–water partition coefficient (Wildman–Crippen LogP) is 2.56. The summed E-state index contributed by atoms with van der Waals surface area (Å²) in [5, 5.41) is 6.87. The van der Waals surface area contributed by atoms with E-state index in [4.69, 9.17) is 4.98 Å². The second-order valence-electron chi connectivity index (χ2n) is 5.98. The van der Waals surface area contributed by atoms with Gasteiger partial charge in [0.1, 0.15) is 5.01 Å². The van der Waals surface area contributed by atoms with Crippen molar-refractivity contribution in [3.63, 3.8) is 0 Å². The zero-order valence-electron chi connectivity index (χ0n) is 13.8. The topological polar surface area (TPSA) is 31.4 Å². The minimum absolute atomic E-state index is 0.725. The maximum absolute atomic E-state index is 4.75. The minimum Gasteiger partial charge on any atom is -0.310 e. The van der Waals surface area contributed by atoms with Gasteiger partial charge in [0, 0.05) is 50.7 Å². The molecule has 1 aliphatic heterocycles. The summed E-state index contributed by atoms with van der Waals surface area (Å²) in [6.45, 7) is 14.6. The van der Waals surface area contributed by atoms with E-state index in [1.807, 2.05) is 0 Å². The average Bonchev–Trinajstić information content (AvgIpc) is 2.95. The van der Waals surface area contributed by atoms with E-state index in [-0.39, 0.29) is 0 Å². The van der Waals surface area contributed by atoms with Crippen LogP contribution in [0.25, 0.3) is 0 Å². The van der Waals surface area contributed by atoms with Crippen molar-refractivity contribution in [3.8, 4) is 0 Å². The van der Waals surface area contributed by atoms with Gasteiger partial charge in [0.25, 0.3) is 0 Å². The summed E-state index contributed by atoms with van der Waals surface area (Å²) in [5.74, 6) is 0. The van der Waals surface area contributed by atoms with Gasteiger partial charge >= 0.3 is 0 Å². The smallest absolute Gasteiger partial charge is 0.107 e. The lowest BCUT2D eigenvalue weighted by Gasteiger charge is -2.37. The quantitative estimate of drug-likeness (QED) is 0.748. The Morgan fingerprint density at radius 2 is 2.05 bits per heavy atom. The zero-order chi connectivity index (χ0) is 15.1. The zero-order valence-corrected chi connectivity index (χ0v) is 14.6. The third-order valence-electron chi connectivity index (χ3n) is 4.31. The average molecular weight is 311 g/mol. The second-order valence-corrected chi connectivity index (χ2v) is 6.92. The predicted molar refractivity (Wildman–Crippen MR) is 90.7 cm³/mol. The summed E-state index contributed by atoms with van der Waals surface area (Å²) in [7, 11) is 0. The first-order chi connectivity index (χ1) is 10.2. The van der Waals surface area contributed by atoms with Gasteiger partial charge in [0.2, 0.25) is 0 Å². The van der Waals surface area contributed by atoms with E-state index in [2.05, 4.69) is 41.3 Å². The van der Waals surface area contributed by atoms with E-state index in [9.17, 15) is 0 Å². The normalized spacial score (nSPS) is 19.0. The Morgan fingerprint density at radius 3 is 2.71 bits per heavy atom. The molecule has 120 valence electrons. The highest BCUT2D eigenvalue weighted by atomic mass is 32.1. The summed E-state index contributed by atoms with van der Waals surface area (Å²) in [6, 6.07) is 0.725. The van der Waals surface area contributed by atoms with Gasteiger partial charge in [0.05, 0.1) is 5.69 Å². The number of piperazine rings is 1. The van der Waals surface area contributed by atoms with Gasteiger partial charge in [0.15, 0.2) is 0 Å². The standard InChI is InChI=1S/C16H30N4S/c1-4-6-17-11-16-18-15(13-21-16)12-19-7-9-20(10-8-19)14(3)5-2/h13-14,17H,4-12H2,1-3H3. The molecule has 0 radical (unpaired) electrons. The van der Waals surface area contributed by atoms with Gasteiger partial charge in [-0.3, -0.25) is 9.80 Å². The van der Waals surface area contributed by atoms with Gasteiger partial charge in [-0.25, -0.2) is 4.98 Å². The van der Waals surface area contributed by atoms with Crippen LogP contribution in [-0.2, 0) is 13.1 Å². The molecule has 0 amide bonds. The first kappa shape index (κ1) is 16.9. The molecule has 2 rings (SSSR count). The fourth-order valence-electron chi connectivity index (χ4n) is 2.72. The molecule has 0 aliphatic carbocycles. The van der Waals surface area contributed by atoms with Crippen molar-refractivity contribution in [2.75, 3.05) is 32.7 Å². The lowest BCUT2D eigenvalue weighted by molar-refractivity contribution is 0.0957. The minimum atomic E-state index is 0.725. The Morgan fingerprint density at radius 1 is 1.29 bits per heavy atom. The fourth-order valence-corrected chi connectivity index (χ4v) is 3.48. The summed E-state index contributed by atoms with van der Waals surface area (Å²) in [4.78, 5) is 9.89. The van der Waals surface area contributed by atoms with Crippen molar-refractivity contribution in [2.24, 2.45) is 0 Å². The van der Waals surface area contributed by atoms with E-state index in [0.717, 1.165) is 25.7 Å². The van der Waals surface area contributed by atoms with Gasteiger partial charge in [-0.05, 0) is 26.3 Å². The molecule has 1 atom stereocenters. The van der Waals surface area contributed by atoms with Crippen molar-refractivity contribution in [1.29, 1.82) is 0 Å². The third kappa shape index (κ3) is 5.33. The maximum Gasteiger partial charge on any atom is 0.107 e. The van der Waals surface area contributed by atoms with Crippen LogP contribution in [0.3, 0.4) is 0 Å². The summed E-state index contributed by atoms with van der Waals surface area (Å²) < 4.78 is 0. The molecule has 0 aromatic carbocycles. The highest BCUT2D eigenvalue weighted by Gasteiger charge is 2.20. The lowest BCUT2D eigenvalue weighted by atomic mass is 10.2. The van der Waals surface area contributed by atoms with E-state index >= 15 is 0 Å². The van der Waals surface area contributed by atoms with Gasteiger partial charge < -0.3 is 5.32 Å². The Kier molecular flexibility index (Phi) is 7.10. The molecular formula is C16H30N4S. The number of nitrogens with zero attached hydrogens (tertiary/aromatic N) is 3. The number of rotatable bonds is 8. The van der Waals surface area contributed by atoms with Crippen LogP contribution in [0.4, 0.5) is 0 Å². The van der Waals surface area contributed by atoms with Crippen LogP contribution < -0.4 is 5.32 Å². The fraction of sp³-hybridized carbons (Fsp3) is 0.812. The van der Waals surface area contributed by atoms with Crippen LogP contribution in [0.5, 0.6) is 0 Å². The van der Waals surface area contributed by atoms with Gasteiger partial charge in [-0.2, -0.15) is 0 Å². The second kappa shape index (κ2) is 8.83. The molecular weight excluding hydrogens is 280 g/mol. The van der Waals surface area contributed by atoms with Crippen molar-refractivity contribution >= 4 is 11.3 Å². The van der Waals surface area contributed by atoms with E-state index in [0.29, 0.717) is 0 Å². The summed E-state index contributed by atoms with van der Waals surface area (Å²) in [5.41, 5.74) is 1.24. The van der Waals surface area contributed by atoms with Crippen molar-refractivity contribution < 1.29 is 0 Å². The van der Waals surface area contributed by atoms with Crippen LogP contribution in [0.15, 0.2) is 5.38 Å². The Balaban J connectivity index is 1.73. The van der Waals surface area contributed by atoms with Crippen LogP contribution in [0.2, 0.25) is 0 Å². The van der Waals surface area contributed by atoms with Gasteiger partial charge in [-0.1, -0.05) is 13.8 Å². The molecule has 2 heterocycles. The highest BCUT2D eigenvalue weighted by Crippen LogP contribution is 2.14.